The van der Waals surface area contributed by atoms with E-state index in [0.717, 1.165) is 16.4 Å². The smallest absolute Gasteiger partial charge is 0.355 e. The first kappa shape index (κ1) is 15.2. The summed E-state index contributed by atoms with van der Waals surface area (Å²) in [7, 11) is 3.87. The molecule has 0 saturated heterocycles. The van der Waals surface area contributed by atoms with Crippen molar-refractivity contribution in [2.45, 2.75) is 13.3 Å². The third kappa shape index (κ3) is 3.88. The highest BCUT2D eigenvalue weighted by molar-refractivity contribution is 7.09. The van der Waals surface area contributed by atoms with Gasteiger partial charge in [-0.15, -0.1) is 11.3 Å². The van der Waals surface area contributed by atoms with Crippen molar-refractivity contribution in [3.8, 4) is 0 Å². The number of nitrogens with one attached hydrogen (secondary N) is 1. The topological polar surface area (TPSA) is 91.2 Å². The van der Waals surface area contributed by atoms with Gasteiger partial charge in [0, 0.05) is 44.2 Å². The summed E-state index contributed by atoms with van der Waals surface area (Å²) in [6, 6.07) is 0. The minimum atomic E-state index is -0.997. The number of carboxylic acid groups (broad SMARTS) is 1. The number of carboxylic acids is 1. The Labute approximate surface area is 126 Å². The Hall–Kier alpha value is -2.22. The number of aryl methyl sites for hydroxylation is 1. The van der Waals surface area contributed by atoms with Gasteiger partial charge in [-0.1, -0.05) is 0 Å². The zero-order chi connectivity index (χ0) is 15.4. The second-order valence-corrected chi connectivity index (χ2v) is 5.65. The van der Waals surface area contributed by atoms with E-state index in [1.54, 1.807) is 11.6 Å². The Morgan fingerprint density at radius 1 is 1.43 bits per heavy atom. The van der Waals surface area contributed by atoms with E-state index < -0.39 is 5.97 Å². The highest BCUT2D eigenvalue weighted by atomic mass is 32.1. The summed E-state index contributed by atoms with van der Waals surface area (Å²) in [6.07, 6.45) is 2.41. The van der Waals surface area contributed by atoms with E-state index in [1.165, 1.54) is 11.3 Å². The van der Waals surface area contributed by atoms with Crippen LogP contribution in [-0.4, -0.2) is 46.7 Å². The number of aromatic carboxylic acids is 1. The zero-order valence-electron chi connectivity index (χ0n) is 12.1. The predicted molar refractivity (Wildman–Crippen MR) is 82.4 cm³/mol. The van der Waals surface area contributed by atoms with Gasteiger partial charge in [0.25, 0.3) is 0 Å². The van der Waals surface area contributed by atoms with Crippen LogP contribution < -0.4 is 10.2 Å². The molecule has 0 bridgehead atoms. The molecule has 0 aromatic carbocycles. The molecule has 0 aliphatic heterocycles. The van der Waals surface area contributed by atoms with Gasteiger partial charge in [0.1, 0.15) is 5.82 Å². The van der Waals surface area contributed by atoms with Gasteiger partial charge in [0.2, 0.25) is 5.95 Å². The van der Waals surface area contributed by atoms with Crippen molar-refractivity contribution in [3.63, 3.8) is 0 Å². The molecular formula is C13H17N5O2S. The molecule has 21 heavy (non-hydrogen) atoms. The average molecular weight is 307 g/mol. The number of nitrogens with zero attached hydrogens (tertiary/aromatic N) is 4. The van der Waals surface area contributed by atoms with Crippen molar-refractivity contribution in [1.29, 1.82) is 0 Å². The Balaban J connectivity index is 1.94. The van der Waals surface area contributed by atoms with Crippen LogP contribution in [-0.2, 0) is 6.42 Å². The Morgan fingerprint density at radius 2 is 2.19 bits per heavy atom. The van der Waals surface area contributed by atoms with E-state index in [2.05, 4.69) is 20.3 Å². The molecule has 112 valence electrons. The fourth-order valence-electron chi connectivity index (χ4n) is 1.78. The van der Waals surface area contributed by atoms with Gasteiger partial charge >= 0.3 is 5.97 Å². The predicted octanol–water partition coefficient (Wildman–Crippen LogP) is 1.66. The van der Waals surface area contributed by atoms with Crippen molar-refractivity contribution in [1.82, 2.24) is 15.0 Å². The molecule has 2 heterocycles. The van der Waals surface area contributed by atoms with Crippen LogP contribution in [0, 0.1) is 6.92 Å². The van der Waals surface area contributed by atoms with Gasteiger partial charge in [0.05, 0.1) is 5.01 Å². The van der Waals surface area contributed by atoms with Crippen molar-refractivity contribution >= 4 is 29.1 Å². The minimum Gasteiger partial charge on any atom is -0.476 e. The Kier molecular flexibility index (Phi) is 4.69. The number of hydrogen-bond donors (Lipinski definition) is 2. The lowest BCUT2D eigenvalue weighted by Gasteiger charge is -2.15. The van der Waals surface area contributed by atoms with Gasteiger partial charge in [-0.25, -0.2) is 14.8 Å². The molecule has 2 aromatic rings. The van der Waals surface area contributed by atoms with Gasteiger partial charge in [-0.2, -0.15) is 4.98 Å². The van der Waals surface area contributed by atoms with Crippen molar-refractivity contribution in [3.05, 3.63) is 27.8 Å². The molecule has 7 nitrogen and oxygen atoms in total. The fraction of sp³-hybridized carbons (Fsp3) is 0.385. The summed E-state index contributed by atoms with van der Waals surface area (Å²) in [5.74, 6) is 0.428. The molecular weight excluding hydrogens is 290 g/mol. The molecule has 2 N–H and O–H groups in total. The van der Waals surface area contributed by atoms with Crippen LogP contribution in [0.2, 0.25) is 0 Å². The molecule has 0 radical (unpaired) electrons. The number of aromatic nitrogens is 3. The Morgan fingerprint density at radius 3 is 2.81 bits per heavy atom. The first-order chi connectivity index (χ1) is 9.97. The minimum absolute atomic E-state index is 0.0940. The van der Waals surface area contributed by atoms with Crippen LogP contribution in [0.3, 0.4) is 0 Å². The highest BCUT2D eigenvalue weighted by Gasteiger charge is 2.09. The number of carbonyl (C=O) groups is 1. The largest absolute Gasteiger partial charge is 0.476 e. The summed E-state index contributed by atoms with van der Waals surface area (Å²) < 4.78 is 0. The first-order valence-corrected chi connectivity index (χ1v) is 7.28. The van der Waals surface area contributed by atoms with Crippen molar-refractivity contribution in [2.24, 2.45) is 0 Å². The lowest BCUT2D eigenvalue weighted by molar-refractivity contribution is 0.0691. The van der Waals surface area contributed by atoms with E-state index in [1.807, 2.05) is 25.9 Å². The second kappa shape index (κ2) is 6.49. The monoisotopic (exact) mass is 307 g/mol. The first-order valence-electron chi connectivity index (χ1n) is 6.40. The van der Waals surface area contributed by atoms with Gasteiger partial charge < -0.3 is 15.3 Å². The third-order valence-corrected chi connectivity index (χ3v) is 3.67. The fourth-order valence-corrected chi connectivity index (χ4v) is 2.55. The van der Waals surface area contributed by atoms with Crippen molar-refractivity contribution < 1.29 is 9.90 Å². The maximum Gasteiger partial charge on any atom is 0.355 e. The number of anilines is 2. The van der Waals surface area contributed by atoms with Gasteiger partial charge in [-0.05, 0) is 6.92 Å². The number of hydrogen-bond acceptors (Lipinski definition) is 7. The van der Waals surface area contributed by atoms with Crippen LogP contribution in [0.15, 0.2) is 11.6 Å². The van der Waals surface area contributed by atoms with Gasteiger partial charge in [-0.3, -0.25) is 0 Å². The molecule has 0 fully saturated rings. The third-order valence-electron chi connectivity index (χ3n) is 2.76. The normalized spacial score (nSPS) is 10.4. The highest BCUT2D eigenvalue weighted by Crippen LogP contribution is 2.15. The molecule has 0 spiro atoms. The second-order valence-electron chi connectivity index (χ2n) is 4.70. The number of thiazole rings is 1. The summed E-state index contributed by atoms with van der Waals surface area (Å²) in [6.45, 7) is 2.56. The summed E-state index contributed by atoms with van der Waals surface area (Å²) in [5, 5.41) is 14.3. The standard InChI is InChI=1S/C13H17N5O2S/c1-8-6-15-13(17-11(8)18(2)3)14-5-4-10-16-9(7-21-10)12(19)20/h6-7H,4-5H2,1-3H3,(H,19,20)(H,14,15,17). The van der Waals surface area contributed by atoms with E-state index >= 15 is 0 Å². The number of rotatable bonds is 6. The molecule has 0 amide bonds. The maximum absolute atomic E-state index is 10.7. The molecule has 0 atom stereocenters. The molecule has 0 aliphatic rings. The van der Waals surface area contributed by atoms with Gasteiger partial charge in [0.15, 0.2) is 5.69 Å². The Bertz CT molecular complexity index is 641. The summed E-state index contributed by atoms with van der Waals surface area (Å²) in [4.78, 5) is 25.4. The van der Waals surface area contributed by atoms with E-state index in [9.17, 15) is 4.79 Å². The van der Waals surface area contributed by atoms with Crippen LogP contribution >= 0.6 is 11.3 Å². The van der Waals surface area contributed by atoms with Crippen LogP contribution in [0.5, 0.6) is 0 Å². The molecule has 0 aliphatic carbocycles. The van der Waals surface area contributed by atoms with E-state index in [4.69, 9.17) is 5.11 Å². The maximum atomic E-state index is 10.7. The zero-order valence-corrected chi connectivity index (χ0v) is 12.9. The molecule has 0 saturated carbocycles. The summed E-state index contributed by atoms with van der Waals surface area (Å²) >= 11 is 1.34. The van der Waals surface area contributed by atoms with Crippen LogP contribution in [0.4, 0.5) is 11.8 Å². The molecule has 8 heteroatoms. The average Bonchev–Trinajstić information content (AvgIpc) is 2.89. The summed E-state index contributed by atoms with van der Waals surface area (Å²) in [5.41, 5.74) is 1.10. The van der Waals surface area contributed by atoms with E-state index in [0.29, 0.717) is 18.9 Å². The molecule has 2 aromatic heterocycles. The lowest BCUT2D eigenvalue weighted by atomic mass is 10.3. The van der Waals surface area contributed by atoms with Crippen molar-refractivity contribution in [2.75, 3.05) is 30.9 Å². The molecule has 2 rings (SSSR count). The quantitative estimate of drug-likeness (QED) is 0.838. The van der Waals surface area contributed by atoms with Crippen LogP contribution in [0.1, 0.15) is 21.1 Å². The SMILES string of the molecule is Cc1cnc(NCCc2nc(C(=O)O)cs2)nc1N(C)C. The van der Waals surface area contributed by atoms with E-state index in [-0.39, 0.29) is 5.69 Å². The molecule has 0 unspecified atom stereocenters. The van der Waals surface area contributed by atoms with Crippen LogP contribution in [0.25, 0.3) is 0 Å². The lowest BCUT2D eigenvalue weighted by Crippen LogP contribution is -2.15.